The lowest BCUT2D eigenvalue weighted by molar-refractivity contribution is 0.449. The van der Waals surface area contributed by atoms with Crippen molar-refractivity contribution >= 4 is 27.3 Å². The maximum absolute atomic E-state index is 6.26. The standard InChI is InChI=1S/C33H24N4O2/c1-21-8-3-4-11-27(21)23-13-15-29-28-16-14-26(20-30(28)33-35-22(2)36-37(33)31(29)18-23)38-24-9-7-10-25(19-24)39-32-12-5-6-17-34-32/h3-20H,1-2H3. The fraction of sp³-hybridized carbons (Fsp3) is 0.0606. The van der Waals surface area contributed by atoms with Crippen molar-refractivity contribution < 1.29 is 9.47 Å². The summed E-state index contributed by atoms with van der Waals surface area (Å²) in [5.41, 5.74) is 5.42. The second kappa shape index (κ2) is 9.26. The van der Waals surface area contributed by atoms with Crippen molar-refractivity contribution in [1.29, 1.82) is 0 Å². The van der Waals surface area contributed by atoms with Crippen LogP contribution in [0.2, 0.25) is 0 Å². The molecule has 6 heteroatoms. The van der Waals surface area contributed by atoms with E-state index in [2.05, 4.69) is 60.4 Å². The first-order valence-corrected chi connectivity index (χ1v) is 12.8. The average molecular weight is 509 g/mol. The van der Waals surface area contributed by atoms with Gasteiger partial charge in [0.15, 0.2) is 5.65 Å². The maximum Gasteiger partial charge on any atom is 0.219 e. The molecule has 0 bridgehead atoms. The van der Waals surface area contributed by atoms with Gasteiger partial charge in [-0.2, -0.15) is 5.10 Å². The van der Waals surface area contributed by atoms with Gasteiger partial charge in [-0.3, -0.25) is 0 Å². The molecular formula is C33H24N4O2. The number of aromatic nitrogens is 4. The molecular weight excluding hydrogens is 484 g/mol. The Morgan fingerprint density at radius 3 is 2.28 bits per heavy atom. The zero-order chi connectivity index (χ0) is 26.3. The van der Waals surface area contributed by atoms with Gasteiger partial charge in [-0.1, -0.05) is 48.5 Å². The first kappa shape index (κ1) is 22.9. The van der Waals surface area contributed by atoms with Gasteiger partial charge in [0.05, 0.1) is 5.52 Å². The highest BCUT2D eigenvalue weighted by Crippen LogP contribution is 2.36. The number of ether oxygens (including phenoxy) is 2. The van der Waals surface area contributed by atoms with Crippen LogP contribution in [0.5, 0.6) is 23.1 Å². The van der Waals surface area contributed by atoms with Gasteiger partial charge < -0.3 is 9.47 Å². The van der Waals surface area contributed by atoms with Crippen LogP contribution in [0.1, 0.15) is 11.4 Å². The molecule has 0 unspecified atom stereocenters. The summed E-state index contributed by atoms with van der Waals surface area (Å²) >= 11 is 0. The Morgan fingerprint density at radius 2 is 1.44 bits per heavy atom. The van der Waals surface area contributed by atoms with E-state index in [-0.39, 0.29) is 0 Å². The van der Waals surface area contributed by atoms with Crippen LogP contribution in [0.4, 0.5) is 0 Å². The Labute approximate surface area is 225 Å². The third kappa shape index (κ3) is 4.22. The first-order chi connectivity index (χ1) is 19.1. The summed E-state index contributed by atoms with van der Waals surface area (Å²) in [5, 5.41) is 7.94. The first-order valence-electron chi connectivity index (χ1n) is 12.8. The topological polar surface area (TPSA) is 61.5 Å². The van der Waals surface area contributed by atoms with E-state index in [0.717, 1.165) is 38.7 Å². The molecule has 188 valence electrons. The number of nitrogens with zero attached hydrogens (tertiary/aromatic N) is 4. The van der Waals surface area contributed by atoms with Gasteiger partial charge in [0.25, 0.3) is 0 Å². The lowest BCUT2D eigenvalue weighted by Crippen LogP contribution is -1.95. The number of fused-ring (bicyclic) bond motifs is 6. The number of hydrogen-bond donors (Lipinski definition) is 0. The van der Waals surface area contributed by atoms with Crippen molar-refractivity contribution in [3.8, 4) is 34.3 Å². The Bertz CT molecular complexity index is 2000. The van der Waals surface area contributed by atoms with Crippen molar-refractivity contribution in [2.75, 3.05) is 0 Å². The van der Waals surface area contributed by atoms with Crippen LogP contribution in [-0.2, 0) is 0 Å². The molecule has 7 rings (SSSR count). The summed E-state index contributed by atoms with van der Waals surface area (Å²) in [6.07, 6.45) is 1.70. The highest BCUT2D eigenvalue weighted by atomic mass is 16.5. The third-order valence-corrected chi connectivity index (χ3v) is 6.82. The summed E-state index contributed by atoms with van der Waals surface area (Å²) in [4.78, 5) is 9.02. The van der Waals surface area contributed by atoms with Gasteiger partial charge in [-0.15, -0.1) is 0 Å². The molecule has 0 atom stereocenters. The molecule has 0 aliphatic heterocycles. The van der Waals surface area contributed by atoms with Gasteiger partial charge in [0.1, 0.15) is 23.1 Å². The minimum atomic E-state index is 0.530. The predicted molar refractivity (Wildman–Crippen MR) is 154 cm³/mol. The summed E-state index contributed by atoms with van der Waals surface area (Å²) in [6.45, 7) is 4.06. The van der Waals surface area contributed by atoms with Crippen LogP contribution >= 0.6 is 0 Å². The smallest absolute Gasteiger partial charge is 0.219 e. The fourth-order valence-corrected chi connectivity index (χ4v) is 5.03. The summed E-state index contributed by atoms with van der Waals surface area (Å²) in [5.74, 6) is 3.27. The molecule has 0 amide bonds. The molecule has 4 aromatic carbocycles. The van der Waals surface area contributed by atoms with E-state index in [9.17, 15) is 0 Å². The van der Waals surface area contributed by atoms with Gasteiger partial charge in [-0.25, -0.2) is 14.5 Å². The van der Waals surface area contributed by atoms with E-state index in [1.807, 2.05) is 66.0 Å². The van der Waals surface area contributed by atoms with E-state index in [4.69, 9.17) is 19.6 Å². The van der Waals surface area contributed by atoms with E-state index in [1.165, 1.54) is 11.1 Å². The molecule has 7 aromatic rings. The van der Waals surface area contributed by atoms with Crippen LogP contribution in [-0.4, -0.2) is 19.6 Å². The minimum absolute atomic E-state index is 0.530. The van der Waals surface area contributed by atoms with Gasteiger partial charge in [0, 0.05) is 29.1 Å². The molecule has 0 radical (unpaired) electrons. The summed E-state index contributed by atoms with van der Waals surface area (Å²) < 4.78 is 14.1. The molecule has 0 saturated carbocycles. The fourth-order valence-electron chi connectivity index (χ4n) is 5.03. The molecule has 0 aliphatic rings. The van der Waals surface area contributed by atoms with E-state index in [0.29, 0.717) is 23.1 Å². The van der Waals surface area contributed by atoms with Crippen molar-refractivity contribution in [1.82, 2.24) is 19.6 Å². The molecule has 0 saturated heterocycles. The van der Waals surface area contributed by atoms with Crippen molar-refractivity contribution in [3.05, 3.63) is 121 Å². The number of hydrogen-bond acceptors (Lipinski definition) is 5. The van der Waals surface area contributed by atoms with Crippen molar-refractivity contribution in [2.45, 2.75) is 13.8 Å². The molecule has 0 fully saturated rings. The molecule has 39 heavy (non-hydrogen) atoms. The van der Waals surface area contributed by atoms with Crippen LogP contribution < -0.4 is 9.47 Å². The van der Waals surface area contributed by atoms with Crippen LogP contribution in [0.25, 0.3) is 38.4 Å². The molecule has 0 aliphatic carbocycles. The Balaban J connectivity index is 1.31. The van der Waals surface area contributed by atoms with Crippen molar-refractivity contribution in [2.24, 2.45) is 0 Å². The van der Waals surface area contributed by atoms with E-state index < -0.39 is 0 Å². The number of benzene rings is 4. The lowest BCUT2D eigenvalue weighted by Gasteiger charge is -2.12. The lowest BCUT2D eigenvalue weighted by atomic mass is 9.98. The SMILES string of the molecule is Cc1nc2c3cc(Oc4cccc(Oc5ccccn5)c4)ccc3c3ccc(-c4ccccc4C)cc3n2n1. The zero-order valence-electron chi connectivity index (χ0n) is 21.5. The number of rotatable bonds is 5. The van der Waals surface area contributed by atoms with E-state index >= 15 is 0 Å². The predicted octanol–water partition coefficient (Wildman–Crippen LogP) is 8.30. The number of aryl methyl sites for hydroxylation is 2. The van der Waals surface area contributed by atoms with Crippen LogP contribution in [0.15, 0.2) is 109 Å². The van der Waals surface area contributed by atoms with Crippen LogP contribution in [0.3, 0.4) is 0 Å². The van der Waals surface area contributed by atoms with Crippen molar-refractivity contribution in [3.63, 3.8) is 0 Å². The molecule has 3 aromatic heterocycles. The normalized spacial score (nSPS) is 11.3. The third-order valence-electron chi connectivity index (χ3n) is 6.82. The minimum Gasteiger partial charge on any atom is -0.457 e. The monoisotopic (exact) mass is 508 g/mol. The summed E-state index contributed by atoms with van der Waals surface area (Å²) in [6, 6.07) is 34.2. The van der Waals surface area contributed by atoms with E-state index in [1.54, 1.807) is 6.20 Å². The second-order valence-corrected chi connectivity index (χ2v) is 9.50. The molecule has 3 heterocycles. The molecule has 0 N–H and O–H groups in total. The maximum atomic E-state index is 6.26. The Kier molecular flexibility index (Phi) is 5.44. The average Bonchev–Trinajstić information content (AvgIpc) is 3.36. The quantitative estimate of drug-likeness (QED) is 0.219. The van der Waals surface area contributed by atoms with Gasteiger partial charge in [0.2, 0.25) is 5.88 Å². The second-order valence-electron chi connectivity index (χ2n) is 9.50. The highest BCUT2D eigenvalue weighted by Gasteiger charge is 2.15. The number of pyridine rings is 2. The zero-order valence-corrected chi connectivity index (χ0v) is 21.5. The highest BCUT2D eigenvalue weighted by molar-refractivity contribution is 6.12. The van der Waals surface area contributed by atoms with Gasteiger partial charge >= 0.3 is 0 Å². The molecule has 6 nitrogen and oxygen atoms in total. The van der Waals surface area contributed by atoms with Gasteiger partial charge in [-0.05, 0) is 78.4 Å². The summed E-state index contributed by atoms with van der Waals surface area (Å²) in [7, 11) is 0. The Hall–Kier alpha value is -5.23. The van der Waals surface area contributed by atoms with Crippen LogP contribution in [0, 0.1) is 13.8 Å². The molecule has 0 spiro atoms. The largest absolute Gasteiger partial charge is 0.457 e. The Morgan fingerprint density at radius 1 is 0.641 bits per heavy atom.